The van der Waals surface area contributed by atoms with Gasteiger partial charge in [-0.1, -0.05) is 11.6 Å². The number of benzene rings is 2. The Morgan fingerprint density at radius 1 is 1.00 bits per heavy atom. The molecule has 130 valence electrons. The number of rotatable bonds is 5. The van der Waals surface area contributed by atoms with Gasteiger partial charge in [-0.05, 0) is 68.6 Å². The minimum atomic E-state index is 0.603. The zero-order chi connectivity index (χ0) is 17.2. The van der Waals surface area contributed by atoms with Crippen LogP contribution in [0.1, 0.15) is 24.0 Å². The van der Waals surface area contributed by atoms with Gasteiger partial charge in [0.1, 0.15) is 13.2 Å². The maximum Gasteiger partial charge on any atom is 0.162 e. The van der Waals surface area contributed by atoms with Crippen LogP contribution in [0.3, 0.4) is 0 Å². The zero-order valence-electron chi connectivity index (χ0n) is 14.6. The first kappa shape index (κ1) is 16.0. The van der Waals surface area contributed by atoms with Gasteiger partial charge in [0.05, 0.1) is 0 Å². The van der Waals surface area contributed by atoms with Crippen LogP contribution in [0.4, 0.5) is 0 Å². The van der Waals surface area contributed by atoms with Gasteiger partial charge in [0.2, 0.25) is 0 Å². The Hall–Kier alpha value is -2.46. The van der Waals surface area contributed by atoms with Crippen molar-refractivity contribution in [1.29, 1.82) is 0 Å². The molecule has 0 spiro atoms. The molecule has 0 bridgehead atoms. The summed E-state index contributed by atoms with van der Waals surface area (Å²) >= 11 is 0. The molecular weight excluding hydrogens is 312 g/mol. The van der Waals surface area contributed by atoms with E-state index in [0.29, 0.717) is 13.2 Å². The number of aryl methyl sites for hydroxylation is 2. The zero-order valence-corrected chi connectivity index (χ0v) is 14.6. The largest absolute Gasteiger partial charge is 0.486 e. The van der Waals surface area contributed by atoms with Crippen LogP contribution >= 0.6 is 0 Å². The van der Waals surface area contributed by atoms with E-state index >= 15 is 0 Å². The Bertz CT molecular complexity index is 898. The summed E-state index contributed by atoms with van der Waals surface area (Å²) in [6.45, 7) is 4.09. The maximum absolute atomic E-state index is 5.76. The number of nitrogens with one attached hydrogen (secondary N) is 1. The van der Waals surface area contributed by atoms with Crippen LogP contribution in [-0.2, 0) is 6.42 Å². The molecule has 0 amide bonds. The highest BCUT2D eigenvalue weighted by Gasteiger charge is 2.17. The fraction of sp³-hybridized carbons (Fsp3) is 0.333. The minimum absolute atomic E-state index is 0.603. The Balaban J connectivity index is 1.81. The highest BCUT2D eigenvalue weighted by Crippen LogP contribution is 2.38. The van der Waals surface area contributed by atoms with Crippen molar-refractivity contribution >= 4 is 10.9 Å². The SMILES string of the molecule is Cc1ccc2[nH]c(-c3ccc4c(c3)OCCO4)c(CCCCN)c2c1. The first-order valence-corrected chi connectivity index (χ1v) is 8.97. The fourth-order valence-electron chi connectivity index (χ4n) is 3.51. The van der Waals surface area contributed by atoms with Crippen molar-refractivity contribution in [2.75, 3.05) is 19.8 Å². The number of aromatic amines is 1. The maximum atomic E-state index is 5.76. The second-order valence-electron chi connectivity index (χ2n) is 6.63. The molecule has 0 atom stereocenters. The van der Waals surface area contributed by atoms with Crippen LogP contribution in [0.15, 0.2) is 36.4 Å². The summed E-state index contributed by atoms with van der Waals surface area (Å²) in [4.78, 5) is 3.61. The summed E-state index contributed by atoms with van der Waals surface area (Å²) in [6, 6.07) is 12.8. The number of fused-ring (bicyclic) bond motifs is 2. The summed E-state index contributed by atoms with van der Waals surface area (Å²) in [5.74, 6) is 1.65. The van der Waals surface area contributed by atoms with E-state index in [1.807, 2.05) is 6.07 Å². The third-order valence-corrected chi connectivity index (χ3v) is 4.77. The predicted molar refractivity (Wildman–Crippen MR) is 101 cm³/mol. The molecule has 3 N–H and O–H groups in total. The van der Waals surface area contributed by atoms with E-state index in [-0.39, 0.29) is 0 Å². The Labute approximate surface area is 147 Å². The normalized spacial score (nSPS) is 13.4. The Morgan fingerprint density at radius 2 is 1.84 bits per heavy atom. The fourth-order valence-corrected chi connectivity index (χ4v) is 3.51. The molecule has 0 radical (unpaired) electrons. The van der Waals surface area contributed by atoms with Gasteiger partial charge in [0.15, 0.2) is 11.5 Å². The van der Waals surface area contributed by atoms with Gasteiger partial charge in [-0.3, -0.25) is 0 Å². The lowest BCUT2D eigenvalue weighted by Gasteiger charge is -2.19. The number of aromatic nitrogens is 1. The lowest BCUT2D eigenvalue weighted by molar-refractivity contribution is 0.171. The third-order valence-electron chi connectivity index (χ3n) is 4.77. The average Bonchev–Trinajstić information content (AvgIpc) is 2.99. The van der Waals surface area contributed by atoms with E-state index in [4.69, 9.17) is 15.2 Å². The summed E-state index contributed by atoms with van der Waals surface area (Å²) < 4.78 is 11.4. The van der Waals surface area contributed by atoms with Gasteiger partial charge < -0.3 is 20.2 Å². The summed E-state index contributed by atoms with van der Waals surface area (Å²) in [5, 5.41) is 1.31. The molecule has 4 rings (SSSR count). The molecule has 1 aliphatic rings. The van der Waals surface area contributed by atoms with E-state index in [0.717, 1.165) is 42.9 Å². The highest BCUT2D eigenvalue weighted by molar-refractivity contribution is 5.91. The molecule has 0 saturated carbocycles. The molecule has 0 unspecified atom stereocenters. The van der Waals surface area contributed by atoms with Gasteiger partial charge in [0, 0.05) is 22.2 Å². The van der Waals surface area contributed by atoms with E-state index in [2.05, 4.69) is 42.2 Å². The van der Waals surface area contributed by atoms with Crippen molar-refractivity contribution in [1.82, 2.24) is 4.98 Å². The van der Waals surface area contributed by atoms with Gasteiger partial charge in [-0.15, -0.1) is 0 Å². The van der Waals surface area contributed by atoms with E-state index < -0.39 is 0 Å². The van der Waals surface area contributed by atoms with Gasteiger partial charge in [-0.2, -0.15) is 0 Å². The van der Waals surface area contributed by atoms with Crippen LogP contribution in [-0.4, -0.2) is 24.7 Å². The molecule has 4 nitrogen and oxygen atoms in total. The standard InChI is InChI=1S/C21H24N2O2/c1-14-5-7-18-17(12-14)16(4-2-3-9-22)21(23-18)15-6-8-19-20(13-15)25-11-10-24-19/h5-8,12-13,23H,2-4,9-11,22H2,1H3. The molecule has 1 aromatic heterocycles. The van der Waals surface area contributed by atoms with Crippen molar-refractivity contribution in [2.45, 2.75) is 26.2 Å². The van der Waals surface area contributed by atoms with Crippen molar-refractivity contribution < 1.29 is 9.47 Å². The quantitative estimate of drug-likeness (QED) is 0.687. The van der Waals surface area contributed by atoms with Crippen molar-refractivity contribution in [3.8, 4) is 22.8 Å². The summed E-state index contributed by atoms with van der Waals surface area (Å²) in [6.07, 6.45) is 3.15. The first-order valence-electron chi connectivity index (χ1n) is 8.97. The lowest BCUT2D eigenvalue weighted by atomic mass is 9.99. The van der Waals surface area contributed by atoms with E-state index in [1.54, 1.807) is 0 Å². The third kappa shape index (κ3) is 3.10. The molecule has 0 saturated heterocycles. The summed E-state index contributed by atoms with van der Waals surface area (Å²) in [7, 11) is 0. The predicted octanol–water partition coefficient (Wildman–Crippen LogP) is 4.20. The number of H-pyrrole nitrogens is 1. The second kappa shape index (κ2) is 6.81. The van der Waals surface area contributed by atoms with Gasteiger partial charge in [-0.25, -0.2) is 0 Å². The molecule has 1 aliphatic heterocycles. The monoisotopic (exact) mass is 336 g/mol. The van der Waals surface area contributed by atoms with Crippen LogP contribution in [0, 0.1) is 6.92 Å². The number of hydrogen-bond acceptors (Lipinski definition) is 3. The van der Waals surface area contributed by atoms with Crippen LogP contribution in [0.2, 0.25) is 0 Å². The molecular formula is C21H24N2O2. The van der Waals surface area contributed by atoms with Crippen molar-refractivity contribution in [3.05, 3.63) is 47.5 Å². The summed E-state index contributed by atoms with van der Waals surface area (Å²) in [5.41, 5.74) is 11.8. The lowest BCUT2D eigenvalue weighted by Crippen LogP contribution is -2.15. The average molecular weight is 336 g/mol. The Morgan fingerprint density at radius 3 is 2.68 bits per heavy atom. The van der Waals surface area contributed by atoms with Crippen LogP contribution < -0.4 is 15.2 Å². The number of nitrogens with two attached hydrogens (primary N) is 1. The number of unbranched alkanes of at least 4 members (excludes halogenated alkanes) is 1. The molecule has 0 aliphatic carbocycles. The first-order chi connectivity index (χ1) is 12.3. The Kier molecular flexibility index (Phi) is 4.36. The minimum Gasteiger partial charge on any atom is -0.486 e. The van der Waals surface area contributed by atoms with Gasteiger partial charge in [0.25, 0.3) is 0 Å². The highest BCUT2D eigenvalue weighted by atomic mass is 16.6. The molecule has 0 fully saturated rings. The molecule has 4 heteroatoms. The van der Waals surface area contributed by atoms with Crippen molar-refractivity contribution in [3.63, 3.8) is 0 Å². The smallest absolute Gasteiger partial charge is 0.162 e. The van der Waals surface area contributed by atoms with E-state index in [1.165, 1.54) is 27.7 Å². The van der Waals surface area contributed by atoms with E-state index in [9.17, 15) is 0 Å². The van der Waals surface area contributed by atoms with Crippen LogP contribution in [0.25, 0.3) is 22.2 Å². The molecule has 25 heavy (non-hydrogen) atoms. The number of ether oxygens (including phenoxy) is 2. The van der Waals surface area contributed by atoms with Gasteiger partial charge >= 0.3 is 0 Å². The van der Waals surface area contributed by atoms with Crippen LogP contribution in [0.5, 0.6) is 11.5 Å². The molecule has 2 aromatic carbocycles. The number of hydrogen-bond donors (Lipinski definition) is 2. The van der Waals surface area contributed by atoms with Crippen molar-refractivity contribution in [2.24, 2.45) is 5.73 Å². The second-order valence-corrected chi connectivity index (χ2v) is 6.63. The molecule has 2 heterocycles. The molecule has 3 aromatic rings. The topological polar surface area (TPSA) is 60.3 Å².